The van der Waals surface area contributed by atoms with Gasteiger partial charge in [0.1, 0.15) is 5.82 Å². The van der Waals surface area contributed by atoms with Gasteiger partial charge in [-0.05, 0) is 58.8 Å². The number of hydrogen-bond acceptors (Lipinski definition) is 2. The van der Waals surface area contributed by atoms with E-state index in [2.05, 4.69) is 15.9 Å². The predicted octanol–water partition coefficient (Wildman–Crippen LogP) is 3.48. The molecule has 0 saturated heterocycles. The van der Waals surface area contributed by atoms with Gasteiger partial charge in [-0.1, -0.05) is 18.6 Å². The molecule has 2 N–H and O–H groups in total. The van der Waals surface area contributed by atoms with Gasteiger partial charge in [0.25, 0.3) is 0 Å². The molecule has 0 amide bonds. The molecule has 4 heteroatoms. The lowest BCUT2D eigenvalue weighted by molar-refractivity contribution is 0.0749. The average Bonchev–Trinajstić information content (AvgIpc) is 2.82. The van der Waals surface area contributed by atoms with E-state index >= 15 is 0 Å². The van der Waals surface area contributed by atoms with Gasteiger partial charge in [0.05, 0.1) is 17.7 Å². The van der Waals surface area contributed by atoms with E-state index in [9.17, 15) is 4.39 Å². The van der Waals surface area contributed by atoms with Crippen molar-refractivity contribution >= 4 is 15.9 Å². The summed E-state index contributed by atoms with van der Waals surface area (Å²) >= 11 is 3.24. The highest BCUT2D eigenvalue weighted by Crippen LogP contribution is 2.31. The minimum Gasteiger partial charge on any atom is -0.376 e. The van der Waals surface area contributed by atoms with Gasteiger partial charge >= 0.3 is 0 Å². The highest BCUT2D eigenvalue weighted by molar-refractivity contribution is 9.10. The van der Waals surface area contributed by atoms with Crippen LogP contribution >= 0.6 is 15.9 Å². The molecule has 2 atom stereocenters. The number of ether oxygens (including phenoxy) is 1. The van der Waals surface area contributed by atoms with Gasteiger partial charge in [0.2, 0.25) is 0 Å². The zero-order valence-electron chi connectivity index (χ0n) is 10.4. The van der Waals surface area contributed by atoms with Gasteiger partial charge in [-0.3, -0.25) is 0 Å². The summed E-state index contributed by atoms with van der Waals surface area (Å²) in [5, 5.41) is 0. The summed E-state index contributed by atoms with van der Waals surface area (Å²) in [4.78, 5) is 0. The van der Waals surface area contributed by atoms with Crippen LogP contribution in [0.1, 0.15) is 24.8 Å². The van der Waals surface area contributed by atoms with Crippen molar-refractivity contribution in [3.8, 4) is 0 Å². The van der Waals surface area contributed by atoms with Crippen LogP contribution in [-0.2, 0) is 11.3 Å². The molecule has 2 nitrogen and oxygen atoms in total. The monoisotopic (exact) mass is 315 g/mol. The topological polar surface area (TPSA) is 35.2 Å². The number of rotatable bonds is 5. The Bertz CT molecular complexity index is 399. The van der Waals surface area contributed by atoms with Crippen molar-refractivity contribution < 1.29 is 9.13 Å². The molecule has 1 aromatic carbocycles. The first-order chi connectivity index (χ1) is 8.72. The minimum atomic E-state index is -0.239. The largest absolute Gasteiger partial charge is 0.376 e. The SMILES string of the molecule is NCC1CCCC1COCc1cccc(F)c1Br. The molecule has 0 spiro atoms. The maximum atomic E-state index is 13.3. The Hall–Kier alpha value is -0.450. The summed E-state index contributed by atoms with van der Waals surface area (Å²) in [5.41, 5.74) is 6.60. The van der Waals surface area contributed by atoms with Gasteiger partial charge in [0, 0.05) is 0 Å². The van der Waals surface area contributed by atoms with Crippen LogP contribution in [0.5, 0.6) is 0 Å². The third kappa shape index (κ3) is 3.31. The van der Waals surface area contributed by atoms with Gasteiger partial charge in [-0.2, -0.15) is 0 Å². The van der Waals surface area contributed by atoms with Crippen molar-refractivity contribution in [2.24, 2.45) is 17.6 Å². The lowest BCUT2D eigenvalue weighted by atomic mass is 9.97. The van der Waals surface area contributed by atoms with Crippen LogP contribution in [0.15, 0.2) is 22.7 Å². The summed E-state index contributed by atoms with van der Waals surface area (Å²) < 4.78 is 19.5. The Morgan fingerprint density at radius 1 is 1.33 bits per heavy atom. The van der Waals surface area contributed by atoms with Crippen LogP contribution in [-0.4, -0.2) is 13.2 Å². The third-order valence-corrected chi connectivity index (χ3v) is 4.63. The Morgan fingerprint density at radius 2 is 2.11 bits per heavy atom. The van der Waals surface area contributed by atoms with E-state index in [0.29, 0.717) is 22.9 Å². The second-order valence-corrected chi connectivity index (χ2v) is 5.71. The summed E-state index contributed by atoms with van der Waals surface area (Å²) in [6.45, 7) is 1.93. The van der Waals surface area contributed by atoms with E-state index in [4.69, 9.17) is 10.5 Å². The predicted molar refractivity (Wildman–Crippen MR) is 73.6 cm³/mol. The second kappa shape index (κ2) is 6.64. The molecule has 1 saturated carbocycles. The van der Waals surface area contributed by atoms with Crippen molar-refractivity contribution in [3.05, 3.63) is 34.1 Å². The number of nitrogens with two attached hydrogens (primary N) is 1. The Balaban J connectivity index is 1.83. The molecule has 18 heavy (non-hydrogen) atoms. The first kappa shape index (κ1) is 14.0. The molecule has 0 aliphatic heterocycles. The van der Waals surface area contributed by atoms with Crippen LogP contribution in [0, 0.1) is 17.7 Å². The lowest BCUT2D eigenvalue weighted by Crippen LogP contribution is -2.22. The second-order valence-electron chi connectivity index (χ2n) is 4.91. The maximum absolute atomic E-state index is 13.3. The molecule has 100 valence electrons. The number of benzene rings is 1. The molecule has 1 aromatic rings. The van der Waals surface area contributed by atoms with E-state index < -0.39 is 0 Å². The van der Waals surface area contributed by atoms with E-state index in [0.717, 1.165) is 18.7 Å². The summed E-state index contributed by atoms with van der Waals surface area (Å²) in [7, 11) is 0. The molecular weight excluding hydrogens is 297 g/mol. The molecular formula is C14H19BrFNO. The van der Waals surface area contributed by atoms with Crippen molar-refractivity contribution in [3.63, 3.8) is 0 Å². The first-order valence-corrected chi connectivity index (χ1v) is 7.22. The van der Waals surface area contributed by atoms with Crippen LogP contribution in [0.4, 0.5) is 4.39 Å². The zero-order valence-corrected chi connectivity index (χ0v) is 12.0. The van der Waals surface area contributed by atoms with Gasteiger partial charge < -0.3 is 10.5 Å². The van der Waals surface area contributed by atoms with Gasteiger partial charge in [0.15, 0.2) is 0 Å². The zero-order chi connectivity index (χ0) is 13.0. The highest BCUT2D eigenvalue weighted by atomic mass is 79.9. The normalized spacial score (nSPS) is 23.5. The van der Waals surface area contributed by atoms with Crippen molar-refractivity contribution in [2.45, 2.75) is 25.9 Å². The van der Waals surface area contributed by atoms with Crippen LogP contribution in [0.2, 0.25) is 0 Å². The minimum absolute atomic E-state index is 0.239. The third-order valence-electron chi connectivity index (χ3n) is 3.74. The van der Waals surface area contributed by atoms with Gasteiger partial charge in [-0.25, -0.2) is 4.39 Å². The van der Waals surface area contributed by atoms with Crippen molar-refractivity contribution in [1.82, 2.24) is 0 Å². The average molecular weight is 316 g/mol. The maximum Gasteiger partial charge on any atom is 0.137 e. The molecule has 2 unspecified atom stereocenters. The van der Waals surface area contributed by atoms with Crippen LogP contribution in [0.3, 0.4) is 0 Å². The number of hydrogen-bond donors (Lipinski definition) is 1. The van der Waals surface area contributed by atoms with E-state index in [1.165, 1.54) is 25.3 Å². The summed E-state index contributed by atoms with van der Waals surface area (Å²) in [5.74, 6) is 0.931. The van der Waals surface area contributed by atoms with Crippen LogP contribution < -0.4 is 5.73 Å². The van der Waals surface area contributed by atoms with E-state index in [-0.39, 0.29) is 5.82 Å². The molecule has 0 radical (unpaired) electrons. The molecule has 2 rings (SSSR count). The fourth-order valence-electron chi connectivity index (χ4n) is 2.62. The smallest absolute Gasteiger partial charge is 0.137 e. The molecule has 1 aliphatic carbocycles. The standard InChI is InChI=1S/C14H19BrFNO/c15-14-12(5-2-6-13(14)16)9-18-8-11-4-1-3-10(11)7-17/h2,5-6,10-11H,1,3-4,7-9,17H2. The molecule has 0 heterocycles. The van der Waals surface area contributed by atoms with Crippen LogP contribution in [0.25, 0.3) is 0 Å². The fourth-order valence-corrected chi connectivity index (χ4v) is 3.00. The van der Waals surface area contributed by atoms with Crippen molar-refractivity contribution in [1.29, 1.82) is 0 Å². The number of halogens is 2. The van der Waals surface area contributed by atoms with E-state index in [1.54, 1.807) is 6.07 Å². The highest BCUT2D eigenvalue weighted by Gasteiger charge is 2.25. The van der Waals surface area contributed by atoms with Crippen molar-refractivity contribution in [2.75, 3.05) is 13.2 Å². The molecule has 1 fully saturated rings. The van der Waals surface area contributed by atoms with E-state index in [1.807, 2.05) is 6.07 Å². The first-order valence-electron chi connectivity index (χ1n) is 6.43. The van der Waals surface area contributed by atoms with Gasteiger partial charge in [-0.15, -0.1) is 0 Å². The lowest BCUT2D eigenvalue weighted by Gasteiger charge is -2.18. The summed E-state index contributed by atoms with van der Waals surface area (Å²) in [6, 6.07) is 5.02. The molecule has 0 aromatic heterocycles. The Morgan fingerprint density at radius 3 is 2.89 bits per heavy atom. The quantitative estimate of drug-likeness (QED) is 0.902. The molecule has 1 aliphatic rings. The Labute approximate surface area is 116 Å². The Kier molecular flexibility index (Phi) is 5.15. The summed E-state index contributed by atoms with van der Waals surface area (Å²) in [6.07, 6.45) is 3.67. The molecule has 0 bridgehead atoms. The fraction of sp³-hybridized carbons (Fsp3) is 0.571.